The summed E-state index contributed by atoms with van der Waals surface area (Å²) in [6.07, 6.45) is 3.43. The van der Waals surface area contributed by atoms with Crippen LogP contribution in [0.5, 0.6) is 0 Å². The Balaban J connectivity index is 0.00000261. The topological polar surface area (TPSA) is 47.9 Å². The third kappa shape index (κ3) is 5.83. The van der Waals surface area contributed by atoms with Gasteiger partial charge in [0.1, 0.15) is 0 Å². The van der Waals surface area contributed by atoms with E-state index >= 15 is 0 Å². The molecule has 1 aromatic carbocycles. The zero-order chi connectivity index (χ0) is 18.5. The van der Waals surface area contributed by atoms with E-state index in [-0.39, 0.29) is 29.9 Å². The minimum atomic E-state index is 0. The van der Waals surface area contributed by atoms with Crippen LogP contribution in [-0.2, 0) is 17.8 Å². The van der Waals surface area contributed by atoms with E-state index in [0.29, 0.717) is 6.54 Å². The molecule has 150 valence electrons. The van der Waals surface area contributed by atoms with Crippen molar-refractivity contribution in [3.63, 3.8) is 0 Å². The van der Waals surface area contributed by atoms with Crippen molar-refractivity contribution in [2.24, 2.45) is 16.8 Å². The van der Waals surface area contributed by atoms with Crippen LogP contribution in [0.2, 0.25) is 0 Å². The first-order valence-electron chi connectivity index (χ1n) is 9.87. The Morgan fingerprint density at radius 2 is 1.96 bits per heavy atom. The van der Waals surface area contributed by atoms with E-state index in [0.717, 1.165) is 50.4 Å². The van der Waals surface area contributed by atoms with Crippen molar-refractivity contribution in [1.82, 2.24) is 15.1 Å². The first-order chi connectivity index (χ1) is 12.6. The third-order valence-electron chi connectivity index (χ3n) is 5.48. The zero-order valence-electron chi connectivity index (χ0n) is 16.8. The molecule has 2 aliphatic heterocycles. The van der Waals surface area contributed by atoms with Crippen LogP contribution in [0.3, 0.4) is 0 Å². The van der Waals surface area contributed by atoms with Crippen LogP contribution in [0.25, 0.3) is 0 Å². The second-order valence-corrected chi connectivity index (χ2v) is 7.97. The molecule has 1 saturated heterocycles. The molecule has 0 aliphatic carbocycles. The fourth-order valence-corrected chi connectivity index (χ4v) is 4.19. The van der Waals surface area contributed by atoms with Gasteiger partial charge in [-0.1, -0.05) is 38.1 Å². The highest BCUT2D eigenvalue weighted by Gasteiger charge is 2.26. The maximum absolute atomic E-state index is 12.6. The van der Waals surface area contributed by atoms with Crippen LogP contribution in [0, 0.1) is 11.8 Å². The molecule has 27 heavy (non-hydrogen) atoms. The van der Waals surface area contributed by atoms with Crippen LogP contribution in [0.1, 0.15) is 37.8 Å². The molecule has 0 radical (unpaired) electrons. The zero-order valence-corrected chi connectivity index (χ0v) is 19.1. The van der Waals surface area contributed by atoms with Gasteiger partial charge in [0.25, 0.3) is 0 Å². The van der Waals surface area contributed by atoms with Crippen molar-refractivity contribution in [3.8, 4) is 0 Å². The summed E-state index contributed by atoms with van der Waals surface area (Å²) in [4.78, 5) is 21.3. The highest BCUT2D eigenvalue weighted by Crippen LogP contribution is 2.23. The van der Waals surface area contributed by atoms with Gasteiger partial charge in [0.05, 0.1) is 6.54 Å². The van der Waals surface area contributed by atoms with Gasteiger partial charge in [-0.25, -0.2) is 0 Å². The Kier molecular flexibility index (Phi) is 8.38. The first kappa shape index (κ1) is 22.0. The monoisotopic (exact) mass is 484 g/mol. The molecule has 0 bridgehead atoms. The van der Waals surface area contributed by atoms with Gasteiger partial charge in [-0.3, -0.25) is 9.79 Å². The molecule has 1 N–H and O–H groups in total. The van der Waals surface area contributed by atoms with Crippen molar-refractivity contribution in [1.29, 1.82) is 0 Å². The Bertz CT molecular complexity index is 661. The minimum absolute atomic E-state index is 0. The average Bonchev–Trinajstić information content (AvgIpc) is 3.09. The number of hydrogen-bond acceptors (Lipinski definition) is 2. The molecule has 6 heteroatoms. The van der Waals surface area contributed by atoms with E-state index in [1.165, 1.54) is 24.0 Å². The van der Waals surface area contributed by atoms with Gasteiger partial charge in [-0.05, 0) is 42.2 Å². The van der Waals surface area contributed by atoms with E-state index in [1.807, 2.05) is 11.0 Å². The summed E-state index contributed by atoms with van der Waals surface area (Å²) in [7, 11) is 1.81. The molecule has 1 unspecified atom stereocenters. The summed E-state index contributed by atoms with van der Waals surface area (Å²) in [6, 6.07) is 8.41. The average molecular weight is 484 g/mol. The number of likely N-dealkylation sites (tertiary alicyclic amines) is 1. The van der Waals surface area contributed by atoms with Gasteiger partial charge in [0.2, 0.25) is 5.91 Å². The van der Waals surface area contributed by atoms with Gasteiger partial charge < -0.3 is 15.1 Å². The van der Waals surface area contributed by atoms with Crippen molar-refractivity contribution in [3.05, 3.63) is 35.4 Å². The van der Waals surface area contributed by atoms with Crippen molar-refractivity contribution in [2.45, 2.75) is 39.7 Å². The predicted molar refractivity (Wildman–Crippen MR) is 121 cm³/mol. The molecule has 0 spiro atoms. The lowest BCUT2D eigenvalue weighted by atomic mass is 9.97. The van der Waals surface area contributed by atoms with Crippen LogP contribution < -0.4 is 5.32 Å². The number of hydrogen-bond donors (Lipinski definition) is 1. The molecule has 3 rings (SSSR count). The minimum Gasteiger partial charge on any atom is -0.347 e. The number of aliphatic imine (C=N–C) groups is 1. The van der Waals surface area contributed by atoms with Crippen LogP contribution in [0.4, 0.5) is 0 Å². The Morgan fingerprint density at radius 1 is 1.22 bits per heavy atom. The van der Waals surface area contributed by atoms with Gasteiger partial charge in [-0.15, -0.1) is 24.0 Å². The number of fused-ring (bicyclic) bond motifs is 1. The molecular formula is C21H33IN4O. The molecule has 1 atom stereocenters. The molecule has 1 amide bonds. The highest BCUT2D eigenvalue weighted by atomic mass is 127. The summed E-state index contributed by atoms with van der Waals surface area (Å²) in [5, 5.41) is 3.29. The Morgan fingerprint density at radius 3 is 2.67 bits per heavy atom. The largest absolute Gasteiger partial charge is 0.347 e. The standard InChI is InChI=1S/C21H32N4O.HI/c1-16(2)12-17-8-10-25(14-17)21(22-3)23-13-20(26)24-11-9-18-6-4-5-7-19(18)15-24;/h4-7,16-17H,8-15H2,1-3H3,(H,22,23);1H. The van der Waals surface area contributed by atoms with Gasteiger partial charge in [0.15, 0.2) is 5.96 Å². The lowest BCUT2D eigenvalue weighted by Crippen LogP contribution is -2.46. The lowest BCUT2D eigenvalue weighted by Gasteiger charge is -2.29. The highest BCUT2D eigenvalue weighted by molar-refractivity contribution is 14.0. The molecule has 2 aliphatic rings. The predicted octanol–water partition coefficient (Wildman–Crippen LogP) is 3.13. The summed E-state index contributed by atoms with van der Waals surface area (Å²) in [5.41, 5.74) is 2.64. The molecule has 0 aromatic heterocycles. The van der Waals surface area contributed by atoms with Crippen molar-refractivity contribution >= 4 is 35.8 Å². The smallest absolute Gasteiger partial charge is 0.242 e. The quantitative estimate of drug-likeness (QED) is 0.406. The summed E-state index contributed by atoms with van der Waals surface area (Å²) in [5.74, 6) is 2.49. The number of rotatable bonds is 4. The summed E-state index contributed by atoms with van der Waals surface area (Å²) in [6.45, 7) is 8.48. The maximum atomic E-state index is 12.6. The lowest BCUT2D eigenvalue weighted by molar-refractivity contribution is -0.130. The molecule has 1 aromatic rings. The summed E-state index contributed by atoms with van der Waals surface area (Å²) >= 11 is 0. The van der Waals surface area contributed by atoms with E-state index in [9.17, 15) is 4.79 Å². The molecule has 5 nitrogen and oxygen atoms in total. The molecule has 0 saturated carbocycles. The van der Waals surface area contributed by atoms with Crippen molar-refractivity contribution < 1.29 is 4.79 Å². The van der Waals surface area contributed by atoms with E-state index in [2.05, 4.69) is 47.3 Å². The van der Waals surface area contributed by atoms with Gasteiger partial charge in [-0.2, -0.15) is 0 Å². The summed E-state index contributed by atoms with van der Waals surface area (Å²) < 4.78 is 0. The molecule has 2 heterocycles. The van der Waals surface area contributed by atoms with Gasteiger partial charge >= 0.3 is 0 Å². The van der Waals surface area contributed by atoms with Crippen LogP contribution >= 0.6 is 24.0 Å². The SMILES string of the molecule is CN=C(NCC(=O)N1CCc2ccccc2C1)N1CCC(CC(C)C)C1.I. The Labute approximate surface area is 180 Å². The van der Waals surface area contributed by atoms with Crippen molar-refractivity contribution in [2.75, 3.05) is 33.2 Å². The van der Waals surface area contributed by atoms with Gasteiger partial charge in [0, 0.05) is 33.2 Å². The number of amides is 1. The number of halogens is 1. The number of carbonyl (C=O) groups excluding carboxylic acids is 1. The fourth-order valence-electron chi connectivity index (χ4n) is 4.19. The molecule has 1 fully saturated rings. The fraction of sp³-hybridized carbons (Fsp3) is 0.619. The number of guanidine groups is 1. The number of benzene rings is 1. The van der Waals surface area contributed by atoms with E-state index in [1.54, 1.807) is 7.05 Å². The number of carbonyl (C=O) groups is 1. The van der Waals surface area contributed by atoms with Crippen LogP contribution in [0.15, 0.2) is 29.3 Å². The van der Waals surface area contributed by atoms with Crippen LogP contribution in [-0.4, -0.2) is 54.9 Å². The second kappa shape index (κ2) is 10.3. The van der Waals surface area contributed by atoms with E-state index in [4.69, 9.17) is 0 Å². The third-order valence-corrected chi connectivity index (χ3v) is 5.48. The number of nitrogens with one attached hydrogen (secondary N) is 1. The normalized spacial score (nSPS) is 19.7. The molecular weight excluding hydrogens is 451 g/mol. The van der Waals surface area contributed by atoms with E-state index < -0.39 is 0 Å². The number of nitrogens with zero attached hydrogens (tertiary/aromatic N) is 3. The maximum Gasteiger partial charge on any atom is 0.242 e. The second-order valence-electron chi connectivity index (χ2n) is 7.97. The Hall–Kier alpha value is -1.31. The first-order valence-corrected chi connectivity index (χ1v) is 9.87.